The lowest BCUT2D eigenvalue weighted by Crippen LogP contribution is -2.11. The minimum absolute atomic E-state index is 1.15. The van der Waals surface area contributed by atoms with Gasteiger partial charge in [0.15, 0.2) is 0 Å². The fourth-order valence-corrected chi connectivity index (χ4v) is 9.78. The van der Waals surface area contributed by atoms with Gasteiger partial charge in [-0.25, -0.2) is 0 Å². The first kappa shape index (κ1) is 31.9. The van der Waals surface area contributed by atoms with Crippen LogP contribution in [0.15, 0.2) is 200 Å². The summed E-state index contributed by atoms with van der Waals surface area (Å²) in [5.74, 6) is 0. The molecular weight excluding hydrogens is 689 g/mol. The number of anilines is 6. The van der Waals surface area contributed by atoms with Crippen molar-refractivity contribution in [1.29, 1.82) is 0 Å². The molecule has 0 amide bonds. The monoisotopic (exact) mass is 724 g/mol. The van der Waals surface area contributed by atoms with E-state index in [-0.39, 0.29) is 0 Å². The number of rotatable bonds is 2. The summed E-state index contributed by atoms with van der Waals surface area (Å²) in [5.41, 5.74) is 18.3. The van der Waals surface area contributed by atoms with E-state index < -0.39 is 0 Å². The zero-order chi connectivity index (χ0) is 37.6. The third-order valence-corrected chi connectivity index (χ3v) is 12.2. The molecule has 2 aliphatic heterocycles. The summed E-state index contributed by atoms with van der Waals surface area (Å²) in [7, 11) is 0. The van der Waals surface area contributed by atoms with Crippen molar-refractivity contribution < 1.29 is 0 Å². The van der Waals surface area contributed by atoms with Gasteiger partial charge in [-0.2, -0.15) is 0 Å². The van der Waals surface area contributed by atoms with Gasteiger partial charge in [-0.05, 0) is 116 Å². The number of para-hydroxylation sites is 4. The molecule has 57 heavy (non-hydrogen) atoms. The molecule has 0 radical (unpaired) electrons. The summed E-state index contributed by atoms with van der Waals surface area (Å²) in [6, 6.07) is 73.9. The van der Waals surface area contributed by atoms with Crippen molar-refractivity contribution in [2.24, 2.45) is 0 Å². The van der Waals surface area contributed by atoms with Crippen molar-refractivity contribution in [1.82, 2.24) is 0 Å². The predicted octanol–water partition coefficient (Wildman–Crippen LogP) is 15.7. The van der Waals surface area contributed by atoms with Crippen molar-refractivity contribution in [3.8, 4) is 44.5 Å². The van der Waals surface area contributed by atoms with Crippen LogP contribution in [0.3, 0.4) is 0 Å². The molecular formula is C55H36N2. The van der Waals surface area contributed by atoms with Crippen LogP contribution in [0.4, 0.5) is 34.1 Å². The Hall–Kier alpha value is -7.42. The Morgan fingerprint density at radius 2 is 0.649 bits per heavy atom. The normalized spacial score (nSPS) is 12.6. The smallest absolute Gasteiger partial charge is 0.0540 e. The SMILES string of the molecule is Cc1cc(N2c3ccccc3-c3ccccc3-c3ccccc32)cc2ccc3c4ccc(N5c6ccccc6-c6ccccc6-c6ccccc65)cc4ccc3c12. The Morgan fingerprint density at radius 1 is 0.281 bits per heavy atom. The highest BCUT2D eigenvalue weighted by Gasteiger charge is 2.28. The topological polar surface area (TPSA) is 6.48 Å². The molecule has 0 unspecified atom stereocenters. The Balaban J connectivity index is 1.01. The van der Waals surface area contributed by atoms with E-state index in [1.54, 1.807) is 0 Å². The first-order valence-electron chi connectivity index (χ1n) is 19.8. The number of hydrogen-bond acceptors (Lipinski definition) is 2. The molecule has 12 rings (SSSR count). The molecule has 0 aliphatic carbocycles. The van der Waals surface area contributed by atoms with Crippen LogP contribution in [0.25, 0.3) is 76.8 Å². The Kier molecular flexibility index (Phi) is 6.88. The zero-order valence-corrected chi connectivity index (χ0v) is 31.4. The lowest BCUT2D eigenvalue weighted by molar-refractivity contribution is 1.29. The number of aryl methyl sites for hydroxylation is 1. The number of fused-ring (bicyclic) bond motifs is 15. The lowest BCUT2D eigenvalue weighted by atomic mass is 9.93. The molecule has 0 aromatic heterocycles. The predicted molar refractivity (Wildman–Crippen MR) is 242 cm³/mol. The maximum absolute atomic E-state index is 2.46. The molecule has 0 saturated carbocycles. The average molecular weight is 725 g/mol. The molecule has 2 aliphatic rings. The molecule has 0 bridgehead atoms. The van der Waals surface area contributed by atoms with Gasteiger partial charge in [-0.1, -0.05) is 152 Å². The van der Waals surface area contributed by atoms with Crippen molar-refractivity contribution in [3.63, 3.8) is 0 Å². The van der Waals surface area contributed by atoms with Crippen molar-refractivity contribution >= 4 is 66.4 Å². The van der Waals surface area contributed by atoms with E-state index in [2.05, 4.69) is 217 Å². The molecule has 0 spiro atoms. The minimum atomic E-state index is 1.15. The molecule has 0 atom stereocenters. The maximum Gasteiger partial charge on any atom is 0.0540 e. The van der Waals surface area contributed by atoms with E-state index in [1.807, 2.05) is 0 Å². The van der Waals surface area contributed by atoms with Gasteiger partial charge in [0.1, 0.15) is 0 Å². The van der Waals surface area contributed by atoms with Crippen LogP contribution in [0.1, 0.15) is 5.56 Å². The third-order valence-electron chi connectivity index (χ3n) is 12.2. The second-order valence-electron chi connectivity index (χ2n) is 15.3. The number of benzene rings is 10. The number of hydrogen-bond donors (Lipinski definition) is 0. The largest absolute Gasteiger partial charge is 0.309 e. The second-order valence-corrected chi connectivity index (χ2v) is 15.3. The summed E-state index contributed by atoms with van der Waals surface area (Å²) in [6.45, 7) is 2.27. The molecule has 2 nitrogen and oxygen atoms in total. The zero-order valence-electron chi connectivity index (χ0n) is 31.4. The molecule has 266 valence electrons. The van der Waals surface area contributed by atoms with E-state index in [0.29, 0.717) is 0 Å². The van der Waals surface area contributed by atoms with E-state index in [4.69, 9.17) is 0 Å². The summed E-state index contributed by atoms with van der Waals surface area (Å²) in [5, 5.41) is 7.57. The standard InChI is InChI=1S/C55H36N2/c1-35-32-39(57-53-24-12-8-20-48(53)43-16-4-5-17-44(43)49-21-9-13-25-54(49)57)34-37-27-29-45-40-31-28-38(33-36(40)26-30-50(45)55(35)37)56-51-22-10-6-18-46(51)41-14-2-3-15-42(41)47-19-7-11-23-52(47)56/h2-34H,1H3. The van der Waals surface area contributed by atoms with Gasteiger partial charge in [0.05, 0.1) is 22.7 Å². The molecule has 10 aromatic carbocycles. The van der Waals surface area contributed by atoms with Gasteiger partial charge in [0.25, 0.3) is 0 Å². The van der Waals surface area contributed by atoms with Gasteiger partial charge < -0.3 is 9.80 Å². The van der Waals surface area contributed by atoms with Crippen molar-refractivity contribution in [2.45, 2.75) is 6.92 Å². The molecule has 10 aromatic rings. The fourth-order valence-electron chi connectivity index (χ4n) is 9.78. The maximum atomic E-state index is 2.46. The van der Waals surface area contributed by atoms with Crippen LogP contribution in [0.2, 0.25) is 0 Å². The summed E-state index contributed by atoms with van der Waals surface area (Å²) in [6.07, 6.45) is 0. The summed E-state index contributed by atoms with van der Waals surface area (Å²) >= 11 is 0. The lowest BCUT2D eigenvalue weighted by Gasteiger charge is -2.28. The van der Waals surface area contributed by atoms with Gasteiger partial charge in [-0.3, -0.25) is 0 Å². The quantitative estimate of drug-likeness (QED) is 0.164. The molecule has 0 saturated heterocycles. The van der Waals surface area contributed by atoms with Crippen LogP contribution in [-0.2, 0) is 0 Å². The second kappa shape index (κ2) is 12.3. The van der Waals surface area contributed by atoms with Gasteiger partial charge in [0, 0.05) is 33.6 Å². The summed E-state index contributed by atoms with van der Waals surface area (Å²) < 4.78 is 0. The highest BCUT2D eigenvalue weighted by molar-refractivity contribution is 6.19. The van der Waals surface area contributed by atoms with E-state index in [0.717, 1.165) is 11.4 Å². The third kappa shape index (κ3) is 4.71. The van der Waals surface area contributed by atoms with Crippen LogP contribution >= 0.6 is 0 Å². The van der Waals surface area contributed by atoms with E-state index in [9.17, 15) is 0 Å². The van der Waals surface area contributed by atoms with Crippen LogP contribution in [0.5, 0.6) is 0 Å². The Morgan fingerprint density at radius 3 is 1.14 bits per heavy atom. The van der Waals surface area contributed by atoms with Crippen molar-refractivity contribution in [2.75, 3.05) is 9.80 Å². The van der Waals surface area contributed by atoms with Crippen molar-refractivity contribution in [3.05, 3.63) is 206 Å². The van der Waals surface area contributed by atoms with Crippen LogP contribution < -0.4 is 9.80 Å². The van der Waals surface area contributed by atoms with Gasteiger partial charge in [0.2, 0.25) is 0 Å². The molecule has 2 heterocycles. The molecule has 0 fully saturated rings. The summed E-state index contributed by atoms with van der Waals surface area (Å²) in [4.78, 5) is 4.90. The van der Waals surface area contributed by atoms with E-state index >= 15 is 0 Å². The van der Waals surface area contributed by atoms with Crippen LogP contribution in [0, 0.1) is 6.92 Å². The fraction of sp³-hybridized carbons (Fsp3) is 0.0182. The molecule has 0 N–H and O–H groups in total. The van der Waals surface area contributed by atoms with Gasteiger partial charge in [-0.15, -0.1) is 0 Å². The Bertz CT molecular complexity index is 3150. The van der Waals surface area contributed by atoms with Gasteiger partial charge >= 0.3 is 0 Å². The first-order chi connectivity index (χ1) is 28.2. The highest BCUT2D eigenvalue weighted by Crippen LogP contribution is 2.53. The first-order valence-corrected chi connectivity index (χ1v) is 19.8. The highest BCUT2D eigenvalue weighted by atomic mass is 15.2. The van der Waals surface area contributed by atoms with E-state index in [1.165, 1.54) is 105 Å². The Labute approximate surface area is 332 Å². The average Bonchev–Trinajstić information content (AvgIpc) is 3.47. The minimum Gasteiger partial charge on any atom is -0.309 e. The number of nitrogens with zero attached hydrogens (tertiary/aromatic N) is 2. The molecule has 2 heteroatoms. The van der Waals surface area contributed by atoms with Crippen LogP contribution in [-0.4, -0.2) is 0 Å².